The Balaban J connectivity index is 2.14. The fraction of sp³-hybridized carbons (Fsp3) is 0.188. The first-order valence-electron chi connectivity index (χ1n) is 6.90. The second-order valence-corrected chi connectivity index (χ2v) is 5.99. The van der Waals surface area contributed by atoms with Gasteiger partial charge in [-0.05, 0) is 30.2 Å². The maximum absolute atomic E-state index is 6.13. The normalized spacial score (nSPS) is 11.9. The van der Waals surface area contributed by atoms with Crippen molar-refractivity contribution in [2.75, 3.05) is 0 Å². The van der Waals surface area contributed by atoms with Crippen molar-refractivity contribution in [2.24, 2.45) is 10.2 Å². The summed E-state index contributed by atoms with van der Waals surface area (Å²) >= 11 is 12.3. The highest BCUT2D eigenvalue weighted by atomic mass is 35.5. The van der Waals surface area contributed by atoms with Gasteiger partial charge in [0.1, 0.15) is 11.3 Å². The summed E-state index contributed by atoms with van der Waals surface area (Å²) in [5, 5.41) is 9.54. The second-order valence-electron chi connectivity index (χ2n) is 5.17. The summed E-state index contributed by atoms with van der Waals surface area (Å²) in [4.78, 5) is 4.61. The fourth-order valence-corrected chi connectivity index (χ4v) is 2.64. The van der Waals surface area contributed by atoms with Crippen LogP contribution in [0.1, 0.15) is 25.5 Å². The molecule has 0 saturated carbocycles. The van der Waals surface area contributed by atoms with Gasteiger partial charge in [0.25, 0.3) is 0 Å². The molecule has 3 aromatic rings. The third-order valence-electron chi connectivity index (χ3n) is 3.26. The van der Waals surface area contributed by atoms with Crippen LogP contribution in [0.3, 0.4) is 0 Å². The number of pyridine rings is 1. The molecule has 0 atom stereocenters. The molecule has 0 aliphatic rings. The van der Waals surface area contributed by atoms with Crippen molar-refractivity contribution < 1.29 is 0 Å². The topological polar surface area (TPSA) is 42.0 Å². The molecular formula is C16H14Cl2N4. The van der Waals surface area contributed by atoms with Gasteiger partial charge in [0, 0.05) is 6.20 Å². The minimum atomic E-state index is 0.232. The molecule has 0 aliphatic carbocycles. The lowest BCUT2D eigenvalue weighted by Crippen LogP contribution is -1.87. The lowest BCUT2D eigenvalue weighted by atomic mass is 10.1. The van der Waals surface area contributed by atoms with E-state index in [1.54, 1.807) is 18.2 Å². The van der Waals surface area contributed by atoms with Crippen LogP contribution in [0.15, 0.2) is 52.8 Å². The zero-order chi connectivity index (χ0) is 15.7. The molecule has 0 fully saturated rings. The molecular weight excluding hydrogens is 319 g/mol. The molecule has 0 radical (unpaired) electrons. The Hall–Kier alpha value is -1.91. The standard InChI is InChI=1S/C16H14Cl2N4/c1-10(2)14-16(22-9-4-3-8-13(22)19-14)21-20-15-11(17)6-5-7-12(15)18/h3-10H,1-2H3. The van der Waals surface area contributed by atoms with E-state index < -0.39 is 0 Å². The lowest BCUT2D eigenvalue weighted by molar-refractivity contribution is 0.831. The molecule has 0 N–H and O–H groups in total. The Kier molecular flexibility index (Phi) is 4.14. The summed E-state index contributed by atoms with van der Waals surface area (Å²) < 4.78 is 1.91. The number of benzene rings is 1. The second kappa shape index (κ2) is 6.07. The molecule has 0 saturated heterocycles. The molecule has 112 valence electrons. The van der Waals surface area contributed by atoms with Crippen LogP contribution >= 0.6 is 23.2 Å². The van der Waals surface area contributed by atoms with Crippen LogP contribution in [-0.2, 0) is 0 Å². The molecule has 3 rings (SSSR count). The van der Waals surface area contributed by atoms with Gasteiger partial charge >= 0.3 is 0 Å². The molecule has 22 heavy (non-hydrogen) atoms. The number of hydrogen-bond donors (Lipinski definition) is 0. The van der Waals surface area contributed by atoms with Gasteiger partial charge in [-0.15, -0.1) is 10.2 Å². The third-order valence-corrected chi connectivity index (χ3v) is 3.87. The average molecular weight is 333 g/mol. The van der Waals surface area contributed by atoms with Crippen molar-refractivity contribution in [3.05, 3.63) is 58.3 Å². The first kappa shape index (κ1) is 15.0. The van der Waals surface area contributed by atoms with Gasteiger partial charge in [0.2, 0.25) is 0 Å². The first-order valence-corrected chi connectivity index (χ1v) is 7.66. The molecule has 0 amide bonds. The highest BCUT2D eigenvalue weighted by Gasteiger charge is 2.15. The molecule has 0 spiro atoms. The Bertz CT molecular complexity index is 832. The Morgan fingerprint density at radius 3 is 2.41 bits per heavy atom. The maximum atomic E-state index is 6.13. The van der Waals surface area contributed by atoms with E-state index in [2.05, 4.69) is 29.1 Å². The fourth-order valence-electron chi connectivity index (χ4n) is 2.17. The van der Waals surface area contributed by atoms with E-state index in [1.165, 1.54) is 0 Å². The molecule has 2 aromatic heterocycles. The quantitative estimate of drug-likeness (QED) is 0.528. The summed E-state index contributed by atoms with van der Waals surface area (Å²) in [6, 6.07) is 11.1. The number of fused-ring (bicyclic) bond motifs is 1. The predicted octanol–water partition coefficient (Wildman–Crippen LogP) is 6.18. The predicted molar refractivity (Wildman–Crippen MR) is 89.9 cm³/mol. The van der Waals surface area contributed by atoms with Crippen LogP contribution in [0, 0.1) is 0 Å². The lowest BCUT2D eigenvalue weighted by Gasteiger charge is -2.02. The summed E-state index contributed by atoms with van der Waals surface area (Å²) in [5.74, 6) is 0.928. The Morgan fingerprint density at radius 1 is 1.00 bits per heavy atom. The van der Waals surface area contributed by atoms with Crippen molar-refractivity contribution in [1.82, 2.24) is 9.38 Å². The minimum Gasteiger partial charge on any atom is -0.283 e. The van der Waals surface area contributed by atoms with Gasteiger partial charge in [-0.1, -0.05) is 49.2 Å². The smallest absolute Gasteiger partial charge is 0.183 e. The van der Waals surface area contributed by atoms with E-state index >= 15 is 0 Å². The summed E-state index contributed by atoms with van der Waals surface area (Å²) in [5.41, 5.74) is 2.19. The van der Waals surface area contributed by atoms with Crippen molar-refractivity contribution in [2.45, 2.75) is 19.8 Å². The molecule has 2 heterocycles. The molecule has 0 aliphatic heterocycles. The largest absolute Gasteiger partial charge is 0.283 e. The van der Waals surface area contributed by atoms with E-state index in [4.69, 9.17) is 23.2 Å². The van der Waals surface area contributed by atoms with Crippen LogP contribution in [-0.4, -0.2) is 9.38 Å². The van der Waals surface area contributed by atoms with Crippen LogP contribution in [0.5, 0.6) is 0 Å². The molecule has 0 unspecified atom stereocenters. The SMILES string of the molecule is CC(C)c1nc2ccccn2c1N=Nc1c(Cl)cccc1Cl. The van der Waals surface area contributed by atoms with E-state index in [9.17, 15) is 0 Å². The Morgan fingerprint density at radius 2 is 1.73 bits per heavy atom. The summed E-state index contributed by atoms with van der Waals surface area (Å²) in [6.07, 6.45) is 1.91. The number of halogens is 2. The number of azo groups is 1. The summed E-state index contributed by atoms with van der Waals surface area (Å²) in [6.45, 7) is 4.15. The van der Waals surface area contributed by atoms with E-state index in [1.807, 2.05) is 28.8 Å². The van der Waals surface area contributed by atoms with E-state index in [0.717, 1.165) is 11.3 Å². The molecule has 1 aromatic carbocycles. The van der Waals surface area contributed by atoms with Gasteiger partial charge in [0.05, 0.1) is 15.7 Å². The number of nitrogens with zero attached hydrogens (tertiary/aromatic N) is 4. The number of hydrogen-bond acceptors (Lipinski definition) is 3. The van der Waals surface area contributed by atoms with Gasteiger partial charge < -0.3 is 0 Å². The zero-order valence-corrected chi connectivity index (χ0v) is 13.7. The first-order chi connectivity index (χ1) is 10.6. The molecule has 6 heteroatoms. The average Bonchev–Trinajstić information content (AvgIpc) is 2.86. The third kappa shape index (κ3) is 2.72. The number of imidazole rings is 1. The van der Waals surface area contributed by atoms with Crippen LogP contribution in [0.4, 0.5) is 11.5 Å². The minimum absolute atomic E-state index is 0.232. The zero-order valence-electron chi connectivity index (χ0n) is 12.2. The van der Waals surface area contributed by atoms with Crippen LogP contribution in [0.25, 0.3) is 5.65 Å². The van der Waals surface area contributed by atoms with Crippen LogP contribution in [0.2, 0.25) is 10.0 Å². The van der Waals surface area contributed by atoms with Crippen LogP contribution < -0.4 is 0 Å². The van der Waals surface area contributed by atoms with E-state index in [-0.39, 0.29) is 5.92 Å². The van der Waals surface area contributed by atoms with Crippen molar-refractivity contribution >= 4 is 40.4 Å². The maximum Gasteiger partial charge on any atom is 0.183 e. The van der Waals surface area contributed by atoms with Crippen molar-refractivity contribution in [1.29, 1.82) is 0 Å². The number of aromatic nitrogens is 2. The Labute approximate surface area is 138 Å². The van der Waals surface area contributed by atoms with Gasteiger partial charge in [-0.2, -0.15) is 0 Å². The van der Waals surface area contributed by atoms with Crippen molar-refractivity contribution in [3.63, 3.8) is 0 Å². The van der Waals surface area contributed by atoms with E-state index in [0.29, 0.717) is 21.6 Å². The molecule has 0 bridgehead atoms. The highest BCUT2D eigenvalue weighted by Crippen LogP contribution is 2.35. The van der Waals surface area contributed by atoms with Gasteiger partial charge in [0.15, 0.2) is 5.82 Å². The molecule has 4 nitrogen and oxygen atoms in total. The van der Waals surface area contributed by atoms with Gasteiger partial charge in [-0.25, -0.2) is 4.98 Å². The highest BCUT2D eigenvalue weighted by molar-refractivity contribution is 6.38. The monoisotopic (exact) mass is 332 g/mol. The van der Waals surface area contributed by atoms with Crippen molar-refractivity contribution in [3.8, 4) is 0 Å². The van der Waals surface area contributed by atoms with Gasteiger partial charge in [-0.3, -0.25) is 4.40 Å². The summed E-state index contributed by atoms with van der Waals surface area (Å²) in [7, 11) is 0. The number of rotatable bonds is 3.